The van der Waals surface area contributed by atoms with Gasteiger partial charge in [-0.2, -0.15) is 0 Å². The van der Waals surface area contributed by atoms with Gasteiger partial charge in [0.15, 0.2) is 0 Å². The zero-order valence-corrected chi connectivity index (χ0v) is 14.2. The van der Waals surface area contributed by atoms with Crippen molar-refractivity contribution < 1.29 is 4.39 Å². The van der Waals surface area contributed by atoms with Crippen molar-refractivity contribution >= 4 is 31.9 Å². The largest absolute Gasteiger partial charge is 0.306 e. The highest BCUT2D eigenvalue weighted by molar-refractivity contribution is 9.11. The second kappa shape index (κ2) is 7.29. The molecule has 1 aromatic heterocycles. The Kier molecular flexibility index (Phi) is 5.69. The van der Waals surface area contributed by atoms with E-state index in [9.17, 15) is 4.39 Å². The van der Waals surface area contributed by atoms with Crippen LogP contribution in [-0.4, -0.2) is 11.5 Å². The Balaban J connectivity index is 2.41. The highest BCUT2D eigenvalue weighted by atomic mass is 79.9. The molecule has 1 unspecified atom stereocenters. The molecule has 5 heteroatoms. The van der Waals surface area contributed by atoms with Crippen molar-refractivity contribution in [2.45, 2.75) is 19.4 Å². The van der Waals surface area contributed by atoms with Crippen LogP contribution in [0.25, 0.3) is 0 Å². The standard InChI is InChI=1S/C15H15Br2FN2/c1-2-3-20-15(11-6-14(18)9-19-8-11)10-4-12(16)7-13(17)5-10/h4-9,15,20H,2-3H2,1H3. The number of pyridine rings is 1. The zero-order chi connectivity index (χ0) is 14.5. The van der Waals surface area contributed by atoms with Crippen LogP contribution in [0.4, 0.5) is 4.39 Å². The van der Waals surface area contributed by atoms with Gasteiger partial charge in [-0.05, 0) is 48.4 Å². The highest BCUT2D eigenvalue weighted by Crippen LogP contribution is 2.28. The van der Waals surface area contributed by atoms with E-state index in [2.05, 4.69) is 49.1 Å². The van der Waals surface area contributed by atoms with E-state index in [-0.39, 0.29) is 11.9 Å². The topological polar surface area (TPSA) is 24.9 Å². The van der Waals surface area contributed by atoms with Gasteiger partial charge in [0.2, 0.25) is 0 Å². The number of nitrogens with one attached hydrogen (secondary N) is 1. The van der Waals surface area contributed by atoms with Gasteiger partial charge in [0.05, 0.1) is 12.2 Å². The average molecular weight is 402 g/mol. The van der Waals surface area contributed by atoms with E-state index in [0.717, 1.165) is 33.0 Å². The molecule has 0 fully saturated rings. The second-order valence-corrected chi connectivity index (χ2v) is 6.36. The molecule has 0 saturated heterocycles. The fourth-order valence-corrected chi connectivity index (χ4v) is 3.37. The van der Waals surface area contributed by atoms with Gasteiger partial charge in [0.1, 0.15) is 5.82 Å². The fourth-order valence-electron chi connectivity index (χ4n) is 2.04. The number of hydrogen-bond acceptors (Lipinski definition) is 2. The van der Waals surface area contributed by atoms with E-state index in [1.54, 1.807) is 6.20 Å². The van der Waals surface area contributed by atoms with Crippen LogP contribution in [0.3, 0.4) is 0 Å². The molecule has 20 heavy (non-hydrogen) atoms. The third-order valence-corrected chi connectivity index (χ3v) is 3.79. The van der Waals surface area contributed by atoms with Crippen LogP contribution < -0.4 is 5.32 Å². The smallest absolute Gasteiger partial charge is 0.141 e. The average Bonchev–Trinajstić information content (AvgIpc) is 2.38. The van der Waals surface area contributed by atoms with E-state index < -0.39 is 0 Å². The lowest BCUT2D eigenvalue weighted by Crippen LogP contribution is -2.23. The summed E-state index contributed by atoms with van der Waals surface area (Å²) in [6.45, 7) is 2.95. The molecule has 0 spiro atoms. The van der Waals surface area contributed by atoms with Crippen LogP contribution in [-0.2, 0) is 0 Å². The van der Waals surface area contributed by atoms with Gasteiger partial charge in [0, 0.05) is 15.1 Å². The number of benzene rings is 1. The van der Waals surface area contributed by atoms with Crippen molar-refractivity contribution in [1.29, 1.82) is 0 Å². The molecule has 1 atom stereocenters. The molecule has 1 aromatic carbocycles. The summed E-state index contributed by atoms with van der Waals surface area (Å²) in [7, 11) is 0. The Labute approximate surface area is 135 Å². The first-order valence-corrected chi connectivity index (χ1v) is 7.98. The lowest BCUT2D eigenvalue weighted by atomic mass is 10.00. The SMILES string of the molecule is CCCNC(c1cncc(F)c1)c1cc(Br)cc(Br)c1. The van der Waals surface area contributed by atoms with E-state index in [4.69, 9.17) is 0 Å². The van der Waals surface area contributed by atoms with Gasteiger partial charge in [-0.25, -0.2) is 4.39 Å². The first-order chi connectivity index (χ1) is 9.60. The van der Waals surface area contributed by atoms with Crippen LogP contribution in [0.5, 0.6) is 0 Å². The maximum atomic E-state index is 13.4. The minimum Gasteiger partial charge on any atom is -0.306 e. The molecular weight excluding hydrogens is 387 g/mol. The van der Waals surface area contributed by atoms with Crippen molar-refractivity contribution in [3.8, 4) is 0 Å². The molecular formula is C15H15Br2FN2. The Morgan fingerprint density at radius 3 is 2.40 bits per heavy atom. The fraction of sp³-hybridized carbons (Fsp3) is 0.267. The van der Waals surface area contributed by atoms with Crippen molar-refractivity contribution in [3.05, 3.63) is 62.5 Å². The molecule has 0 amide bonds. The van der Waals surface area contributed by atoms with Crippen molar-refractivity contribution in [1.82, 2.24) is 10.3 Å². The molecule has 1 heterocycles. The number of hydrogen-bond donors (Lipinski definition) is 1. The van der Waals surface area contributed by atoms with Crippen LogP contribution in [0.2, 0.25) is 0 Å². The molecule has 2 rings (SSSR count). The molecule has 0 aliphatic rings. The molecule has 0 bridgehead atoms. The molecule has 1 N–H and O–H groups in total. The number of rotatable bonds is 5. The molecule has 0 aliphatic carbocycles. The number of halogens is 3. The van der Waals surface area contributed by atoms with E-state index in [1.807, 2.05) is 18.2 Å². The summed E-state index contributed by atoms with van der Waals surface area (Å²) in [6.07, 6.45) is 3.93. The maximum Gasteiger partial charge on any atom is 0.141 e. The van der Waals surface area contributed by atoms with Crippen LogP contribution in [0, 0.1) is 5.82 Å². The van der Waals surface area contributed by atoms with Gasteiger partial charge in [-0.3, -0.25) is 4.98 Å². The predicted octanol–water partition coefficient (Wildman–Crippen LogP) is 4.83. The minimum atomic E-state index is -0.320. The van der Waals surface area contributed by atoms with E-state index in [0.29, 0.717) is 0 Å². The molecule has 0 radical (unpaired) electrons. The molecule has 0 saturated carbocycles. The van der Waals surface area contributed by atoms with Crippen LogP contribution in [0.1, 0.15) is 30.5 Å². The van der Waals surface area contributed by atoms with Gasteiger partial charge in [0.25, 0.3) is 0 Å². The summed E-state index contributed by atoms with van der Waals surface area (Å²) in [6, 6.07) is 7.48. The van der Waals surface area contributed by atoms with Crippen molar-refractivity contribution in [2.24, 2.45) is 0 Å². The van der Waals surface area contributed by atoms with Crippen molar-refractivity contribution in [3.63, 3.8) is 0 Å². The van der Waals surface area contributed by atoms with Gasteiger partial charge < -0.3 is 5.32 Å². The summed E-state index contributed by atoms with van der Waals surface area (Å²) in [5, 5.41) is 3.44. The van der Waals surface area contributed by atoms with E-state index in [1.165, 1.54) is 12.3 Å². The summed E-state index contributed by atoms with van der Waals surface area (Å²) in [5.74, 6) is -0.320. The first-order valence-electron chi connectivity index (χ1n) is 6.40. The predicted molar refractivity (Wildman–Crippen MR) is 86.2 cm³/mol. The Hall–Kier alpha value is -0.780. The third kappa shape index (κ3) is 4.11. The van der Waals surface area contributed by atoms with E-state index >= 15 is 0 Å². The Morgan fingerprint density at radius 1 is 1.10 bits per heavy atom. The van der Waals surface area contributed by atoms with Gasteiger partial charge in [-0.15, -0.1) is 0 Å². The lowest BCUT2D eigenvalue weighted by molar-refractivity contribution is 0.580. The third-order valence-electron chi connectivity index (χ3n) is 2.88. The number of nitrogens with zero attached hydrogens (tertiary/aromatic N) is 1. The zero-order valence-electron chi connectivity index (χ0n) is 11.0. The lowest BCUT2D eigenvalue weighted by Gasteiger charge is -2.20. The van der Waals surface area contributed by atoms with Gasteiger partial charge >= 0.3 is 0 Å². The molecule has 2 nitrogen and oxygen atoms in total. The molecule has 0 aliphatic heterocycles. The first kappa shape index (κ1) is 15.6. The summed E-state index contributed by atoms with van der Waals surface area (Å²) in [5.41, 5.74) is 1.88. The summed E-state index contributed by atoms with van der Waals surface area (Å²) in [4.78, 5) is 3.95. The normalized spacial score (nSPS) is 12.4. The minimum absolute atomic E-state index is 0.0769. The highest BCUT2D eigenvalue weighted by Gasteiger charge is 2.15. The van der Waals surface area contributed by atoms with Gasteiger partial charge in [-0.1, -0.05) is 38.8 Å². The van der Waals surface area contributed by atoms with Crippen LogP contribution >= 0.6 is 31.9 Å². The van der Waals surface area contributed by atoms with Crippen LogP contribution in [0.15, 0.2) is 45.6 Å². The second-order valence-electron chi connectivity index (χ2n) is 4.53. The quantitative estimate of drug-likeness (QED) is 0.775. The maximum absolute atomic E-state index is 13.4. The monoisotopic (exact) mass is 400 g/mol. The summed E-state index contributed by atoms with van der Waals surface area (Å²) < 4.78 is 15.4. The molecule has 106 valence electrons. The Morgan fingerprint density at radius 2 is 1.80 bits per heavy atom. The number of aromatic nitrogens is 1. The Bertz CT molecular complexity index is 570. The van der Waals surface area contributed by atoms with Crippen molar-refractivity contribution in [2.75, 3.05) is 6.54 Å². The molecule has 2 aromatic rings. The summed E-state index contributed by atoms with van der Waals surface area (Å²) >= 11 is 6.98.